The summed E-state index contributed by atoms with van der Waals surface area (Å²) < 4.78 is 0. The molecule has 0 radical (unpaired) electrons. The molecule has 2 atom stereocenters. The Balaban J connectivity index is 0.00000200. The van der Waals surface area contributed by atoms with Crippen molar-refractivity contribution in [3.8, 4) is 11.5 Å². The second kappa shape index (κ2) is 7.14. The van der Waals surface area contributed by atoms with Gasteiger partial charge in [0.1, 0.15) is 0 Å². The van der Waals surface area contributed by atoms with E-state index in [1.807, 2.05) is 30.3 Å². The highest BCUT2D eigenvalue weighted by Crippen LogP contribution is 2.28. The van der Waals surface area contributed by atoms with Crippen LogP contribution in [0.5, 0.6) is 11.5 Å². The van der Waals surface area contributed by atoms with E-state index in [1.54, 1.807) is 6.07 Å². The predicted octanol–water partition coefficient (Wildman–Crippen LogP) is 2.12. The van der Waals surface area contributed by atoms with Crippen molar-refractivity contribution in [1.29, 1.82) is 0 Å². The molecule has 0 bridgehead atoms. The van der Waals surface area contributed by atoms with Gasteiger partial charge in [-0.25, -0.2) is 0 Å². The Morgan fingerprint density at radius 2 is 1.60 bits per heavy atom. The van der Waals surface area contributed by atoms with Gasteiger partial charge in [-0.3, -0.25) is 0 Å². The summed E-state index contributed by atoms with van der Waals surface area (Å²) in [5.41, 5.74) is 7.54. The first kappa shape index (κ1) is 16.3. The number of phenols is 2. The number of rotatable bonds is 4. The summed E-state index contributed by atoms with van der Waals surface area (Å²) >= 11 is 0. The van der Waals surface area contributed by atoms with E-state index in [9.17, 15) is 15.3 Å². The van der Waals surface area contributed by atoms with Crippen LogP contribution >= 0.6 is 12.4 Å². The average molecular weight is 296 g/mol. The number of phenolic OH excluding ortho intramolecular Hbond substituents is 2. The van der Waals surface area contributed by atoms with Crippen LogP contribution in [-0.2, 0) is 6.42 Å². The van der Waals surface area contributed by atoms with Gasteiger partial charge in [0.05, 0.1) is 12.1 Å². The van der Waals surface area contributed by atoms with Crippen LogP contribution in [0.2, 0.25) is 0 Å². The summed E-state index contributed by atoms with van der Waals surface area (Å²) in [5.74, 6) is -0.437. The smallest absolute Gasteiger partial charge is 0.157 e. The fourth-order valence-electron chi connectivity index (χ4n) is 1.95. The molecular formula is C15H18ClNO3. The van der Waals surface area contributed by atoms with Crippen LogP contribution in [0.3, 0.4) is 0 Å². The summed E-state index contributed by atoms with van der Waals surface area (Å²) in [6.07, 6.45) is -0.324. The van der Waals surface area contributed by atoms with Crippen LogP contribution < -0.4 is 5.73 Å². The minimum atomic E-state index is -0.758. The average Bonchev–Trinajstić information content (AvgIpc) is 2.42. The summed E-state index contributed by atoms with van der Waals surface area (Å²) in [4.78, 5) is 0. The van der Waals surface area contributed by atoms with E-state index in [-0.39, 0.29) is 23.9 Å². The highest BCUT2D eigenvalue weighted by atomic mass is 35.5. The summed E-state index contributed by atoms with van der Waals surface area (Å²) in [6.45, 7) is 0. The van der Waals surface area contributed by atoms with E-state index < -0.39 is 12.1 Å². The standard InChI is InChI=1S/C15H17NO3.ClH/c16-15(11-6-7-12(17)13(18)9-11)14(19)8-10-4-2-1-3-5-10;/h1-7,9,14-15,17-19H,8,16H2;1H/t14-,15+;/m0./s1. The zero-order chi connectivity index (χ0) is 13.8. The van der Waals surface area contributed by atoms with Gasteiger partial charge in [-0.1, -0.05) is 36.4 Å². The van der Waals surface area contributed by atoms with Gasteiger partial charge in [-0.05, 0) is 23.3 Å². The van der Waals surface area contributed by atoms with E-state index >= 15 is 0 Å². The van der Waals surface area contributed by atoms with Crippen molar-refractivity contribution in [3.05, 3.63) is 59.7 Å². The van der Waals surface area contributed by atoms with Crippen LogP contribution in [0.25, 0.3) is 0 Å². The fourth-order valence-corrected chi connectivity index (χ4v) is 1.95. The van der Waals surface area contributed by atoms with Crippen LogP contribution in [-0.4, -0.2) is 21.4 Å². The Labute approximate surface area is 123 Å². The van der Waals surface area contributed by atoms with E-state index in [0.717, 1.165) is 5.56 Å². The first-order valence-corrected chi connectivity index (χ1v) is 6.07. The Morgan fingerprint density at radius 3 is 2.20 bits per heavy atom. The van der Waals surface area contributed by atoms with Gasteiger partial charge in [0.2, 0.25) is 0 Å². The quantitative estimate of drug-likeness (QED) is 0.651. The van der Waals surface area contributed by atoms with Crippen molar-refractivity contribution in [2.75, 3.05) is 0 Å². The predicted molar refractivity (Wildman–Crippen MR) is 80.1 cm³/mol. The monoisotopic (exact) mass is 295 g/mol. The van der Waals surface area contributed by atoms with Crippen LogP contribution in [0.4, 0.5) is 0 Å². The fraction of sp³-hybridized carbons (Fsp3) is 0.200. The van der Waals surface area contributed by atoms with Crippen molar-refractivity contribution in [1.82, 2.24) is 0 Å². The second-order valence-corrected chi connectivity index (χ2v) is 4.53. The lowest BCUT2D eigenvalue weighted by atomic mass is 9.96. The van der Waals surface area contributed by atoms with E-state index in [2.05, 4.69) is 0 Å². The topological polar surface area (TPSA) is 86.7 Å². The third kappa shape index (κ3) is 3.87. The first-order valence-electron chi connectivity index (χ1n) is 6.07. The SMILES string of the molecule is Cl.N[C@H](c1ccc(O)c(O)c1)[C@@H](O)Cc1ccccc1. The molecule has 20 heavy (non-hydrogen) atoms. The molecule has 0 aliphatic carbocycles. The second-order valence-electron chi connectivity index (χ2n) is 4.53. The van der Waals surface area contributed by atoms with E-state index in [1.165, 1.54) is 12.1 Å². The lowest BCUT2D eigenvalue weighted by Gasteiger charge is -2.19. The minimum absolute atomic E-state index is 0. The molecule has 0 aliphatic rings. The largest absolute Gasteiger partial charge is 0.504 e. The number of benzene rings is 2. The lowest BCUT2D eigenvalue weighted by molar-refractivity contribution is 0.145. The molecular weight excluding hydrogens is 278 g/mol. The number of aliphatic hydroxyl groups is 1. The van der Waals surface area contributed by atoms with Crippen molar-refractivity contribution in [3.63, 3.8) is 0 Å². The zero-order valence-electron chi connectivity index (χ0n) is 10.8. The van der Waals surface area contributed by atoms with Gasteiger partial charge < -0.3 is 21.1 Å². The van der Waals surface area contributed by atoms with Crippen molar-refractivity contribution in [2.45, 2.75) is 18.6 Å². The van der Waals surface area contributed by atoms with Gasteiger partial charge in [0, 0.05) is 6.42 Å². The minimum Gasteiger partial charge on any atom is -0.504 e. The molecule has 0 amide bonds. The van der Waals surface area contributed by atoms with E-state index in [0.29, 0.717) is 12.0 Å². The maximum absolute atomic E-state index is 10.1. The Bertz CT molecular complexity index is 548. The molecule has 108 valence electrons. The molecule has 0 spiro atoms. The molecule has 0 aromatic heterocycles. The van der Waals surface area contributed by atoms with Gasteiger partial charge >= 0.3 is 0 Å². The Hall–Kier alpha value is -1.75. The van der Waals surface area contributed by atoms with Gasteiger partial charge in [-0.2, -0.15) is 0 Å². The van der Waals surface area contributed by atoms with Crippen LogP contribution in [0, 0.1) is 0 Å². The summed E-state index contributed by atoms with van der Waals surface area (Å²) in [6, 6.07) is 13.3. The lowest BCUT2D eigenvalue weighted by Crippen LogP contribution is -2.28. The molecule has 5 N–H and O–H groups in total. The zero-order valence-corrected chi connectivity index (χ0v) is 11.6. The summed E-state index contributed by atoms with van der Waals surface area (Å²) in [7, 11) is 0. The van der Waals surface area contributed by atoms with Gasteiger partial charge in [0.15, 0.2) is 11.5 Å². The number of aromatic hydroxyl groups is 2. The molecule has 0 fully saturated rings. The molecule has 2 aromatic rings. The van der Waals surface area contributed by atoms with Crippen LogP contribution in [0.1, 0.15) is 17.2 Å². The van der Waals surface area contributed by atoms with Gasteiger partial charge in [0.25, 0.3) is 0 Å². The third-order valence-corrected chi connectivity index (χ3v) is 3.09. The summed E-state index contributed by atoms with van der Waals surface area (Å²) in [5, 5.41) is 28.8. The highest BCUT2D eigenvalue weighted by molar-refractivity contribution is 5.85. The maximum atomic E-state index is 10.1. The molecule has 0 unspecified atom stereocenters. The Morgan fingerprint density at radius 1 is 0.950 bits per heavy atom. The third-order valence-electron chi connectivity index (χ3n) is 3.09. The Kier molecular flexibility index (Phi) is 5.82. The molecule has 0 saturated heterocycles. The highest BCUT2D eigenvalue weighted by Gasteiger charge is 2.18. The molecule has 4 nitrogen and oxygen atoms in total. The molecule has 2 aromatic carbocycles. The van der Waals surface area contributed by atoms with Crippen molar-refractivity contribution >= 4 is 12.4 Å². The van der Waals surface area contributed by atoms with Crippen LogP contribution in [0.15, 0.2) is 48.5 Å². The van der Waals surface area contributed by atoms with E-state index in [4.69, 9.17) is 5.73 Å². The van der Waals surface area contributed by atoms with Gasteiger partial charge in [-0.15, -0.1) is 12.4 Å². The molecule has 0 aliphatic heterocycles. The molecule has 0 saturated carbocycles. The molecule has 0 heterocycles. The number of halogens is 1. The number of hydrogen-bond acceptors (Lipinski definition) is 4. The normalized spacial score (nSPS) is 13.3. The number of nitrogens with two attached hydrogens (primary N) is 1. The molecule has 2 rings (SSSR count). The number of aliphatic hydroxyl groups excluding tert-OH is 1. The maximum Gasteiger partial charge on any atom is 0.157 e. The molecule has 5 heteroatoms. The first-order chi connectivity index (χ1) is 9.08. The number of hydrogen-bond donors (Lipinski definition) is 4. The van der Waals surface area contributed by atoms with Crippen molar-refractivity contribution < 1.29 is 15.3 Å². The van der Waals surface area contributed by atoms with Crippen molar-refractivity contribution in [2.24, 2.45) is 5.73 Å².